The second kappa shape index (κ2) is 15.4. The summed E-state index contributed by atoms with van der Waals surface area (Å²) in [5, 5.41) is 21.1. The zero-order valence-corrected chi connectivity index (χ0v) is 25.0. The summed E-state index contributed by atoms with van der Waals surface area (Å²) in [5.41, 5.74) is 2.60. The molecule has 5 N–H and O–H groups in total. The Morgan fingerprint density at radius 3 is 2.42 bits per heavy atom. The summed E-state index contributed by atoms with van der Waals surface area (Å²) in [4.78, 5) is 25.2. The molecule has 3 aromatic rings. The van der Waals surface area contributed by atoms with E-state index in [9.17, 15) is 19.1 Å². The summed E-state index contributed by atoms with van der Waals surface area (Å²) >= 11 is 0. The highest BCUT2D eigenvalue weighted by atomic mass is 19.1. The van der Waals surface area contributed by atoms with Gasteiger partial charge in [0.25, 0.3) is 5.91 Å². The van der Waals surface area contributed by atoms with Crippen LogP contribution in [0.1, 0.15) is 61.0 Å². The van der Waals surface area contributed by atoms with Crippen LogP contribution in [0.25, 0.3) is 0 Å². The van der Waals surface area contributed by atoms with Crippen LogP contribution in [0.15, 0.2) is 54.6 Å². The number of aliphatic hydroxyl groups is 1. The van der Waals surface area contributed by atoms with Gasteiger partial charge in [0.05, 0.1) is 5.69 Å². The van der Waals surface area contributed by atoms with Crippen molar-refractivity contribution in [3.8, 4) is 17.2 Å². The summed E-state index contributed by atoms with van der Waals surface area (Å²) < 4.78 is 26.8. The first-order valence-electron chi connectivity index (χ1n) is 14.9. The summed E-state index contributed by atoms with van der Waals surface area (Å²) in [7, 11) is 0. The average Bonchev–Trinajstić information content (AvgIpc) is 3.00. The molecule has 1 heterocycles. The molecule has 4 rings (SSSR count). The molecule has 1 aliphatic rings. The topological polar surface area (TPSA) is 121 Å². The normalized spacial score (nSPS) is 13.4. The minimum atomic E-state index is -0.619. The Morgan fingerprint density at radius 2 is 1.74 bits per heavy atom. The number of urea groups is 1. The van der Waals surface area contributed by atoms with Gasteiger partial charge in [0, 0.05) is 30.0 Å². The molecule has 0 spiro atoms. The molecule has 0 aromatic heterocycles. The van der Waals surface area contributed by atoms with Crippen molar-refractivity contribution in [3.63, 3.8) is 0 Å². The van der Waals surface area contributed by atoms with Crippen molar-refractivity contribution in [2.45, 2.75) is 65.0 Å². The van der Waals surface area contributed by atoms with Crippen LogP contribution < -0.4 is 30.7 Å². The van der Waals surface area contributed by atoms with Gasteiger partial charge in [-0.1, -0.05) is 13.8 Å². The lowest BCUT2D eigenvalue weighted by molar-refractivity contribution is 0.102. The zero-order valence-electron chi connectivity index (χ0n) is 25.0. The lowest BCUT2D eigenvalue weighted by atomic mass is 10.0. The third-order valence-electron chi connectivity index (χ3n) is 7.45. The van der Waals surface area contributed by atoms with E-state index in [4.69, 9.17) is 9.47 Å². The molecule has 0 aliphatic carbocycles. The molecule has 230 valence electrons. The molecule has 1 aliphatic heterocycles. The van der Waals surface area contributed by atoms with Gasteiger partial charge in [0.2, 0.25) is 0 Å². The fourth-order valence-corrected chi connectivity index (χ4v) is 4.91. The minimum absolute atomic E-state index is 0.0226. The highest BCUT2D eigenvalue weighted by Crippen LogP contribution is 2.30. The van der Waals surface area contributed by atoms with E-state index >= 15 is 0 Å². The highest BCUT2D eigenvalue weighted by Gasteiger charge is 2.18. The van der Waals surface area contributed by atoms with Crippen molar-refractivity contribution in [2.24, 2.45) is 0 Å². The molecule has 10 heteroatoms. The van der Waals surface area contributed by atoms with Crippen LogP contribution in [0, 0.1) is 12.7 Å². The lowest BCUT2D eigenvalue weighted by Crippen LogP contribution is -2.37. The third-order valence-corrected chi connectivity index (χ3v) is 7.45. The largest absolute Gasteiger partial charge is 0.490 e. The van der Waals surface area contributed by atoms with Crippen LogP contribution in [-0.4, -0.2) is 48.9 Å². The van der Waals surface area contributed by atoms with Crippen molar-refractivity contribution < 1.29 is 28.6 Å². The number of amides is 3. The van der Waals surface area contributed by atoms with E-state index < -0.39 is 11.8 Å². The van der Waals surface area contributed by atoms with Crippen LogP contribution in [0.5, 0.6) is 17.2 Å². The number of carbonyl (C=O) groups excluding carboxylic acids is 2. The maximum atomic E-state index is 14.7. The van der Waals surface area contributed by atoms with Gasteiger partial charge in [0.15, 0.2) is 0 Å². The van der Waals surface area contributed by atoms with E-state index in [0.717, 1.165) is 49.9 Å². The number of aryl methyl sites for hydroxylation is 1. The van der Waals surface area contributed by atoms with Crippen molar-refractivity contribution >= 4 is 23.3 Å². The number of halogens is 1. The Hall–Kier alpha value is -4.15. The van der Waals surface area contributed by atoms with E-state index in [1.165, 1.54) is 12.1 Å². The van der Waals surface area contributed by atoms with E-state index in [1.807, 2.05) is 20.8 Å². The number of nitrogens with one attached hydrogen (secondary N) is 4. The van der Waals surface area contributed by atoms with Gasteiger partial charge in [-0.05, 0) is 112 Å². The van der Waals surface area contributed by atoms with E-state index in [1.54, 1.807) is 42.5 Å². The van der Waals surface area contributed by atoms with E-state index in [-0.39, 0.29) is 36.1 Å². The Morgan fingerprint density at radius 1 is 1.00 bits per heavy atom. The van der Waals surface area contributed by atoms with Gasteiger partial charge >= 0.3 is 6.03 Å². The number of ether oxygens (including phenoxy) is 2. The second-order valence-electron chi connectivity index (χ2n) is 10.7. The third kappa shape index (κ3) is 8.92. The molecule has 3 amide bonds. The number of anilines is 2. The Balaban J connectivity index is 1.38. The standard InChI is InChI=1S/C33H41FN4O5/c1-4-24(5-2)37-33(41)38-29-9-8-27(20-28(29)34)43-30-11-7-25(18-21(30)3)36-32(40)23-6-10-31(22(19-23)14-17-39)42-26-12-15-35-16-13-26/h6-11,18-20,24,26,35,39H,4-5,12-17H2,1-3H3,(H,36,40)(H2,37,38,41). The molecule has 43 heavy (non-hydrogen) atoms. The molecular weight excluding hydrogens is 551 g/mol. The first-order chi connectivity index (χ1) is 20.8. The molecule has 9 nitrogen and oxygen atoms in total. The molecule has 3 aromatic carbocycles. The number of carbonyl (C=O) groups is 2. The smallest absolute Gasteiger partial charge is 0.319 e. The maximum absolute atomic E-state index is 14.7. The zero-order chi connectivity index (χ0) is 30.8. The first kappa shape index (κ1) is 31.8. The molecule has 0 bridgehead atoms. The molecule has 0 radical (unpaired) electrons. The van der Waals surface area contributed by atoms with Crippen LogP contribution in [0.3, 0.4) is 0 Å². The van der Waals surface area contributed by atoms with Crippen LogP contribution in [0.2, 0.25) is 0 Å². The van der Waals surface area contributed by atoms with Gasteiger partial charge in [-0.3, -0.25) is 4.79 Å². The van der Waals surface area contributed by atoms with Gasteiger partial charge in [-0.2, -0.15) is 0 Å². The maximum Gasteiger partial charge on any atom is 0.319 e. The number of piperidine rings is 1. The predicted molar refractivity (Wildman–Crippen MR) is 166 cm³/mol. The summed E-state index contributed by atoms with van der Waals surface area (Å²) in [6.07, 6.45) is 3.89. The molecular formula is C33H41FN4O5. The fourth-order valence-electron chi connectivity index (χ4n) is 4.91. The monoisotopic (exact) mass is 592 g/mol. The Kier molecular flexibility index (Phi) is 11.4. The number of aliphatic hydroxyl groups excluding tert-OH is 1. The summed E-state index contributed by atoms with van der Waals surface area (Å²) in [6, 6.07) is 14.3. The minimum Gasteiger partial charge on any atom is -0.490 e. The van der Waals surface area contributed by atoms with Gasteiger partial charge in [0.1, 0.15) is 29.2 Å². The fraction of sp³-hybridized carbons (Fsp3) is 0.394. The van der Waals surface area contributed by atoms with Crippen molar-refractivity contribution in [1.29, 1.82) is 0 Å². The quantitative estimate of drug-likeness (QED) is 0.172. The highest BCUT2D eigenvalue weighted by molar-refractivity contribution is 6.04. The van der Waals surface area contributed by atoms with E-state index in [2.05, 4.69) is 21.3 Å². The summed E-state index contributed by atoms with van der Waals surface area (Å²) in [6.45, 7) is 7.54. The van der Waals surface area contributed by atoms with Crippen LogP contribution in [-0.2, 0) is 6.42 Å². The Bertz CT molecular complexity index is 1410. The van der Waals surface area contributed by atoms with Crippen molar-refractivity contribution in [1.82, 2.24) is 10.6 Å². The number of benzene rings is 3. The molecule has 0 atom stereocenters. The average molecular weight is 593 g/mol. The molecule has 1 saturated heterocycles. The van der Waals surface area contributed by atoms with Gasteiger partial charge < -0.3 is 35.8 Å². The number of hydrogen-bond acceptors (Lipinski definition) is 6. The van der Waals surface area contributed by atoms with Crippen LogP contribution >= 0.6 is 0 Å². The van der Waals surface area contributed by atoms with Gasteiger partial charge in [-0.15, -0.1) is 0 Å². The summed E-state index contributed by atoms with van der Waals surface area (Å²) in [5.74, 6) is 0.548. The molecule has 1 fully saturated rings. The van der Waals surface area contributed by atoms with Crippen molar-refractivity contribution in [3.05, 3.63) is 77.1 Å². The van der Waals surface area contributed by atoms with Crippen molar-refractivity contribution in [2.75, 3.05) is 30.3 Å². The van der Waals surface area contributed by atoms with Gasteiger partial charge in [-0.25, -0.2) is 9.18 Å². The second-order valence-corrected chi connectivity index (χ2v) is 10.7. The number of hydrogen-bond donors (Lipinski definition) is 5. The number of rotatable bonds is 12. The lowest BCUT2D eigenvalue weighted by Gasteiger charge is -2.25. The molecule has 0 saturated carbocycles. The SMILES string of the molecule is CCC(CC)NC(=O)Nc1ccc(Oc2ccc(NC(=O)c3ccc(OC4CCNCC4)c(CCO)c3)cc2C)cc1F. The van der Waals surface area contributed by atoms with Crippen LogP contribution in [0.4, 0.5) is 20.6 Å². The first-order valence-corrected chi connectivity index (χ1v) is 14.9. The van der Waals surface area contributed by atoms with E-state index in [0.29, 0.717) is 29.2 Å². The predicted octanol–water partition coefficient (Wildman–Crippen LogP) is 6.15. The Labute approximate surface area is 252 Å². The molecule has 0 unspecified atom stereocenters.